The number of carbonyl (C=O) groups excluding carboxylic acids is 1. The van der Waals surface area contributed by atoms with Gasteiger partial charge in [-0.3, -0.25) is 4.79 Å². The highest BCUT2D eigenvalue weighted by molar-refractivity contribution is 7.14. The van der Waals surface area contributed by atoms with E-state index in [4.69, 9.17) is 9.26 Å². The third-order valence-electron chi connectivity index (χ3n) is 3.21. The van der Waals surface area contributed by atoms with E-state index in [-0.39, 0.29) is 24.9 Å². The molecule has 4 heterocycles. The first kappa shape index (κ1) is 16.1. The van der Waals surface area contributed by atoms with Gasteiger partial charge in [-0.05, 0) is 22.9 Å². The van der Waals surface area contributed by atoms with Crippen molar-refractivity contribution >= 4 is 40.0 Å². The van der Waals surface area contributed by atoms with Gasteiger partial charge in [0.15, 0.2) is 6.61 Å². The van der Waals surface area contributed by atoms with E-state index in [1.54, 1.807) is 11.3 Å². The van der Waals surface area contributed by atoms with Crippen LogP contribution in [0.3, 0.4) is 0 Å². The Morgan fingerprint density at radius 1 is 1.16 bits per heavy atom. The molecule has 0 saturated carbocycles. The fraction of sp³-hybridized carbons (Fsp3) is 0.125. The molecule has 0 aliphatic heterocycles. The van der Waals surface area contributed by atoms with Crippen LogP contribution in [0.4, 0.5) is 0 Å². The van der Waals surface area contributed by atoms with Crippen molar-refractivity contribution in [3.63, 3.8) is 0 Å². The molecule has 0 radical (unpaired) electrons. The number of nitrogens with zero attached hydrogens (tertiary/aromatic N) is 3. The standard InChI is InChI=1S/C16H11N3O3S3/c20-14(6-11-9-25-16(17-11)10-3-5-23-8-10)21-7-13-18-15(19-22-13)12-2-1-4-24-12/h1-5,8-9H,6-7H2. The van der Waals surface area contributed by atoms with Gasteiger partial charge in [0, 0.05) is 16.3 Å². The van der Waals surface area contributed by atoms with Crippen LogP contribution in [0.1, 0.15) is 11.6 Å². The lowest BCUT2D eigenvalue weighted by Gasteiger charge is -1.99. The SMILES string of the molecule is O=C(Cc1csc(-c2ccsc2)n1)OCc1nc(-c2cccs2)no1. The van der Waals surface area contributed by atoms with Crippen molar-refractivity contribution in [3.05, 3.63) is 51.3 Å². The van der Waals surface area contributed by atoms with Crippen LogP contribution < -0.4 is 0 Å². The Kier molecular flexibility index (Phi) is 4.68. The van der Waals surface area contributed by atoms with Crippen molar-refractivity contribution in [2.45, 2.75) is 13.0 Å². The van der Waals surface area contributed by atoms with Crippen LogP contribution in [0.25, 0.3) is 21.3 Å². The Morgan fingerprint density at radius 3 is 2.92 bits per heavy atom. The van der Waals surface area contributed by atoms with Gasteiger partial charge in [0.1, 0.15) is 5.01 Å². The van der Waals surface area contributed by atoms with Gasteiger partial charge in [-0.25, -0.2) is 4.98 Å². The van der Waals surface area contributed by atoms with Crippen molar-refractivity contribution in [3.8, 4) is 21.3 Å². The first-order valence-corrected chi connectivity index (χ1v) is 9.97. The molecule has 25 heavy (non-hydrogen) atoms. The second-order valence-electron chi connectivity index (χ2n) is 4.98. The van der Waals surface area contributed by atoms with Gasteiger partial charge < -0.3 is 9.26 Å². The van der Waals surface area contributed by atoms with Crippen molar-refractivity contribution in [1.82, 2.24) is 15.1 Å². The molecule has 0 fully saturated rings. The number of thiazole rings is 1. The predicted octanol–water partition coefficient (Wildman–Crippen LogP) is 4.27. The summed E-state index contributed by atoms with van der Waals surface area (Å²) in [4.78, 5) is 21.6. The lowest BCUT2D eigenvalue weighted by atomic mass is 10.3. The van der Waals surface area contributed by atoms with E-state index in [0.29, 0.717) is 11.5 Å². The minimum absolute atomic E-state index is 0.0429. The molecule has 126 valence electrons. The van der Waals surface area contributed by atoms with E-state index in [9.17, 15) is 4.79 Å². The summed E-state index contributed by atoms with van der Waals surface area (Å²) >= 11 is 4.65. The van der Waals surface area contributed by atoms with Crippen LogP contribution >= 0.6 is 34.0 Å². The molecular weight excluding hydrogens is 378 g/mol. The van der Waals surface area contributed by atoms with Gasteiger partial charge in [-0.15, -0.1) is 22.7 Å². The highest BCUT2D eigenvalue weighted by Crippen LogP contribution is 2.26. The highest BCUT2D eigenvalue weighted by Gasteiger charge is 2.14. The molecule has 9 heteroatoms. The van der Waals surface area contributed by atoms with Crippen LogP contribution in [0.15, 0.2) is 44.2 Å². The molecule has 0 unspecified atom stereocenters. The average Bonchev–Trinajstić information content (AvgIpc) is 3.40. The quantitative estimate of drug-likeness (QED) is 0.458. The molecule has 0 bridgehead atoms. The summed E-state index contributed by atoms with van der Waals surface area (Å²) in [5.74, 6) is 0.396. The number of esters is 1. The molecule has 4 aromatic heterocycles. The summed E-state index contributed by atoms with van der Waals surface area (Å²) in [5, 5.41) is 12.6. The molecule has 0 saturated heterocycles. The van der Waals surface area contributed by atoms with Crippen molar-refractivity contribution in [2.75, 3.05) is 0 Å². The second-order valence-corrected chi connectivity index (χ2v) is 7.57. The fourth-order valence-corrected chi connectivity index (χ4v) is 4.25. The molecule has 0 aliphatic carbocycles. The Balaban J connectivity index is 1.32. The van der Waals surface area contributed by atoms with Gasteiger partial charge in [0.25, 0.3) is 5.89 Å². The van der Waals surface area contributed by atoms with Crippen LogP contribution in [0.2, 0.25) is 0 Å². The van der Waals surface area contributed by atoms with Gasteiger partial charge in [-0.1, -0.05) is 11.2 Å². The largest absolute Gasteiger partial charge is 0.455 e. The monoisotopic (exact) mass is 389 g/mol. The first-order valence-electron chi connectivity index (χ1n) is 7.27. The molecule has 0 aliphatic rings. The summed E-state index contributed by atoms with van der Waals surface area (Å²) in [5.41, 5.74) is 1.77. The molecule has 0 amide bonds. The first-order chi connectivity index (χ1) is 12.3. The number of hydrogen-bond acceptors (Lipinski definition) is 9. The molecule has 0 atom stereocenters. The minimum Gasteiger partial charge on any atom is -0.455 e. The summed E-state index contributed by atoms with van der Waals surface area (Å²) in [6.45, 7) is -0.0429. The van der Waals surface area contributed by atoms with Crippen LogP contribution in [-0.4, -0.2) is 21.1 Å². The number of ether oxygens (including phenoxy) is 1. The van der Waals surface area contributed by atoms with E-state index in [2.05, 4.69) is 15.1 Å². The van der Waals surface area contributed by atoms with Crippen molar-refractivity contribution in [2.24, 2.45) is 0 Å². The molecule has 4 aromatic rings. The Hall–Kier alpha value is -2.36. The number of hydrogen-bond donors (Lipinski definition) is 0. The maximum Gasteiger partial charge on any atom is 0.312 e. The van der Waals surface area contributed by atoms with Crippen LogP contribution in [0, 0.1) is 0 Å². The predicted molar refractivity (Wildman–Crippen MR) is 96.5 cm³/mol. The molecule has 0 N–H and O–H groups in total. The molecular formula is C16H11N3O3S3. The fourth-order valence-electron chi connectivity index (χ4n) is 2.07. The summed E-state index contributed by atoms with van der Waals surface area (Å²) in [7, 11) is 0. The minimum atomic E-state index is -0.377. The molecule has 4 rings (SSSR count). The van der Waals surface area contributed by atoms with Gasteiger partial charge >= 0.3 is 5.97 Å². The maximum atomic E-state index is 12.0. The van der Waals surface area contributed by atoms with Crippen molar-refractivity contribution in [1.29, 1.82) is 0 Å². The average molecular weight is 389 g/mol. The normalized spacial score (nSPS) is 10.9. The van der Waals surface area contributed by atoms with Crippen LogP contribution in [0.5, 0.6) is 0 Å². The Labute approximate surface area is 154 Å². The summed E-state index contributed by atoms with van der Waals surface area (Å²) in [6, 6.07) is 5.82. The highest BCUT2D eigenvalue weighted by atomic mass is 32.1. The third kappa shape index (κ3) is 3.84. The zero-order valence-corrected chi connectivity index (χ0v) is 15.2. The van der Waals surface area contributed by atoms with Crippen LogP contribution in [-0.2, 0) is 22.6 Å². The van der Waals surface area contributed by atoms with Gasteiger partial charge in [0.05, 0.1) is 17.0 Å². The zero-order chi connectivity index (χ0) is 17.1. The van der Waals surface area contributed by atoms with Gasteiger partial charge in [-0.2, -0.15) is 16.3 Å². The maximum absolute atomic E-state index is 12.0. The second kappa shape index (κ2) is 7.26. The third-order valence-corrected chi connectivity index (χ3v) is 5.70. The van der Waals surface area contributed by atoms with E-state index in [0.717, 1.165) is 15.4 Å². The zero-order valence-electron chi connectivity index (χ0n) is 12.7. The van der Waals surface area contributed by atoms with E-state index in [1.165, 1.54) is 22.7 Å². The summed E-state index contributed by atoms with van der Waals surface area (Å²) in [6.07, 6.45) is 0.118. The lowest BCUT2D eigenvalue weighted by Crippen LogP contribution is -2.08. The van der Waals surface area contributed by atoms with Gasteiger partial charge in [0.2, 0.25) is 5.82 Å². The van der Waals surface area contributed by atoms with E-state index < -0.39 is 0 Å². The number of aromatic nitrogens is 3. The number of carbonyl (C=O) groups is 1. The van der Waals surface area contributed by atoms with Crippen molar-refractivity contribution < 1.29 is 14.1 Å². The summed E-state index contributed by atoms with van der Waals surface area (Å²) < 4.78 is 10.3. The molecule has 6 nitrogen and oxygen atoms in total. The number of rotatable bonds is 6. The molecule has 0 aromatic carbocycles. The Morgan fingerprint density at radius 2 is 2.12 bits per heavy atom. The number of thiophene rings is 2. The van der Waals surface area contributed by atoms with E-state index in [1.807, 2.05) is 39.7 Å². The lowest BCUT2D eigenvalue weighted by molar-refractivity contribution is -0.144. The van der Waals surface area contributed by atoms with E-state index >= 15 is 0 Å². The topological polar surface area (TPSA) is 78.1 Å². The Bertz CT molecular complexity index is 958. The molecule has 0 spiro atoms. The smallest absolute Gasteiger partial charge is 0.312 e.